The predicted octanol–water partition coefficient (Wildman–Crippen LogP) is 5.62. The Labute approximate surface area is 186 Å². The molecule has 0 saturated carbocycles. The van der Waals surface area contributed by atoms with Gasteiger partial charge in [-0.05, 0) is 58.3 Å². The highest BCUT2D eigenvalue weighted by Gasteiger charge is 2.28. The zero-order chi connectivity index (χ0) is 21.9. The van der Waals surface area contributed by atoms with Gasteiger partial charge < -0.3 is 9.69 Å². The minimum atomic E-state index is -0.571. The molecule has 1 aliphatic heterocycles. The van der Waals surface area contributed by atoms with E-state index >= 15 is 0 Å². The van der Waals surface area contributed by atoms with Gasteiger partial charge in [0.15, 0.2) is 0 Å². The van der Waals surface area contributed by atoms with Crippen molar-refractivity contribution in [3.05, 3.63) is 120 Å². The molecular weight excluding hydrogens is 394 g/mol. The fourth-order valence-electron chi connectivity index (χ4n) is 4.12. The van der Waals surface area contributed by atoms with Gasteiger partial charge >= 0.3 is 0 Å². The molecule has 1 atom stereocenters. The van der Waals surface area contributed by atoms with Crippen LogP contribution in [0.3, 0.4) is 0 Å². The summed E-state index contributed by atoms with van der Waals surface area (Å²) < 4.78 is 0. The second-order valence-electron chi connectivity index (χ2n) is 7.58. The summed E-state index contributed by atoms with van der Waals surface area (Å²) in [5.74, 6) is 0. The van der Waals surface area contributed by atoms with E-state index in [0.29, 0.717) is 5.56 Å². The predicted molar refractivity (Wildman–Crippen MR) is 128 cm³/mol. The van der Waals surface area contributed by atoms with Crippen molar-refractivity contribution in [3.63, 3.8) is 0 Å². The SMILES string of the molecule is N#Cc1ccccc1C1=CC(c2ccccn2)=CN(c2ccc3ccccc3c2)C1C=O. The fourth-order valence-corrected chi connectivity index (χ4v) is 4.12. The monoisotopic (exact) mass is 413 g/mol. The second-order valence-corrected chi connectivity index (χ2v) is 7.58. The van der Waals surface area contributed by atoms with Crippen LogP contribution in [-0.4, -0.2) is 17.3 Å². The number of allylic oxidation sites excluding steroid dienone is 2. The van der Waals surface area contributed by atoms with Gasteiger partial charge in [0.25, 0.3) is 0 Å². The highest BCUT2D eigenvalue weighted by atomic mass is 16.1. The quantitative estimate of drug-likeness (QED) is 0.408. The molecule has 0 amide bonds. The van der Waals surface area contributed by atoms with E-state index < -0.39 is 6.04 Å². The van der Waals surface area contributed by atoms with Gasteiger partial charge in [-0.3, -0.25) is 4.98 Å². The van der Waals surface area contributed by atoms with Crippen LogP contribution in [0.4, 0.5) is 5.69 Å². The van der Waals surface area contributed by atoms with Crippen LogP contribution < -0.4 is 4.90 Å². The summed E-state index contributed by atoms with van der Waals surface area (Å²) in [6.07, 6.45) is 6.61. The molecule has 32 heavy (non-hydrogen) atoms. The van der Waals surface area contributed by atoms with Crippen LogP contribution in [0.2, 0.25) is 0 Å². The fraction of sp³-hybridized carbons (Fsp3) is 0.0357. The Balaban J connectivity index is 1.72. The van der Waals surface area contributed by atoms with E-state index in [1.807, 2.05) is 71.8 Å². The highest BCUT2D eigenvalue weighted by Crippen LogP contribution is 2.36. The molecule has 0 saturated heterocycles. The van der Waals surface area contributed by atoms with Crippen molar-refractivity contribution in [2.45, 2.75) is 6.04 Å². The van der Waals surface area contributed by atoms with E-state index in [1.54, 1.807) is 12.3 Å². The summed E-state index contributed by atoms with van der Waals surface area (Å²) in [5.41, 5.74) is 4.63. The normalized spacial score (nSPS) is 15.6. The van der Waals surface area contributed by atoms with Crippen LogP contribution in [0, 0.1) is 11.3 Å². The van der Waals surface area contributed by atoms with Crippen molar-refractivity contribution in [2.24, 2.45) is 0 Å². The Bertz CT molecular complexity index is 1410. The van der Waals surface area contributed by atoms with E-state index in [1.165, 1.54) is 0 Å². The Morgan fingerprint density at radius 1 is 0.906 bits per heavy atom. The van der Waals surface area contributed by atoms with Crippen LogP contribution in [0.5, 0.6) is 0 Å². The number of hydrogen-bond donors (Lipinski definition) is 0. The zero-order valence-electron chi connectivity index (χ0n) is 17.2. The summed E-state index contributed by atoms with van der Waals surface area (Å²) >= 11 is 0. The molecule has 4 heteroatoms. The number of nitriles is 1. The molecule has 0 bridgehead atoms. The molecule has 0 radical (unpaired) electrons. The van der Waals surface area contributed by atoms with Crippen LogP contribution >= 0.6 is 0 Å². The molecule has 0 N–H and O–H groups in total. The van der Waals surface area contributed by atoms with Gasteiger partial charge in [-0.15, -0.1) is 0 Å². The molecule has 1 aliphatic rings. The smallest absolute Gasteiger partial charge is 0.147 e. The van der Waals surface area contributed by atoms with Crippen molar-refractivity contribution in [3.8, 4) is 6.07 Å². The maximum Gasteiger partial charge on any atom is 0.147 e. The molecule has 4 nitrogen and oxygen atoms in total. The largest absolute Gasteiger partial charge is 0.333 e. The Morgan fingerprint density at radius 2 is 1.69 bits per heavy atom. The second kappa shape index (κ2) is 8.33. The number of aromatic nitrogens is 1. The lowest BCUT2D eigenvalue weighted by Gasteiger charge is -2.33. The number of pyridine rings is 1. The van der Waals surface area contributed by atoms with Gasteiger partial charge in [-0.25, -0.2) is 0 Å². The van der Waals surface area contributed by atoms with Crippen molar-refractivity contribution in [2.75, 3.05) is 4.90 Å². The van der Waals surface area contributed by atoms with Crippen molar-refractivity contribution in [1.82, 2.24) is 4.98 Å². The number of nitrogens with zero attached hydrogens (tertiary/aromatic N) is 3. The standard InChI is InChI=1S/C28H19N3O/c29-17-22-9-3-4-10-25(22)26-16-23(27-11-5-6-14-30-27)18-31(28(26)19-32)24-13-12-20-7-1-2-8-21(20)15-24/h1-16,18-19,28H. The average Bonchev–Trinajstić information content (AvgIpc) is 2.88. The number of carbonyl (C=O) groups excluding carboxylic acids is 1. The summed E-state index contributed by atoms with van der Waals surface area (Å²) in [6, 6.07) is 29.1. The molecular formula is C28H19N3O. The van der Waals surface area contributed by atoms with Crippen molar-refractivity contribution >= 4 is 33.9 Å². The van der Waals surface area contributed by atoms with Gasteiger partial charge in [-0.1, -0.05) is 54.6 Å². The number of benzene rings is 3. The third kappa shape index (κ3) is 3.46. The van der Waals surface area contributed by atoms with E-state index in [-0.39, 0.29) is 0 Å². The van der Waals surface area contributed by atoms with Gasteiger partial charge in [0.1, 0.15) is 12.3 Å². The van der Waals surface area contributed by atoms with Gasteiger partial charge in [0.05, 0.1) is 17.3 Å². The molecule has 4 aromatic rings. The minimum Gasteiger partial charge on any atom is -0.333 e. The lowest BCUT2D eigenvalue weighted by molar-refractivity contribution is -0.107. The Hall–Kier alpha value is -4.49. The van der Waals surface area contributed by atoms with Crippen LogP contribution in [0.1, 0.15) is 16.8 Å². The van der Waals surface area contributed by atoms with Gasteiger partial charge in [-0.2, -0.15) is 5.26 Å². The first-order valence-corrected chi connectivity index (χ1v) is 10.4. The molecule has 3 aromatic carbocycles. The first-order chi connectivity index (χ1) is 15.8. The first-order valence-electron chi connectivity index (χ1n) is 10.4. The number of anilines is 1. The molecule has 5 rings (SSSR count). The van der Waals surface area contributed by atoms with Crippen molar-refractivity contribution in [1.29, 1.82) is 5.26 Å². The van der Waals surface area contributed by atoms with E-state index in [0.717, 1.165) is 45.1 Å². The van der Waals surface area contributed by atoms with E-state index in [9.17, 15) is 10.1 Å². The molecule has 0 aliphatic carbocycles. The van der Waals surface area contributed by atoms with E-state index in [4.69, 9.17) is 0 Å². The lowest BCUT2D eigenvalue weighted by atomic mass is 9.89. The number of fused-ring (bicyclic) bond motifs is 1. The number of carbonyl (C=O) groups is 1. The average molecular weight is 413 g/mol. The Morgan fingerprint density at radius 3 is 2.47 bits per heavy atom. The first kappa shape index (κ1) is 19.5. The third-order valence-electron chi connectivity index (χ3n) is 5.69. The van der Waals surface area contributed by atoms with Gasteiger partial charge in [0, 0.05) is 23.7 Å². The van der Waals surface area contributed by atoms with Crippen LogP contribution in [-0.2, 0) is 4.79 Å². The maximum absolute atomic E-state index is 12.4. The molecule has 0 fully saturated rings. The topological polar surface area (TPSA) is 57.0 Å². The van der Waals surface area contributed by atoms with Crippen LogP contribution in [0.15, 0.2) is 103 Å². The number of hydrogen-bond acceptors (Lipinski definition) is 4. The molecule has 152 valence electrons. The van der Waals surface area contributed by atoms with E-state index in [2.05, 4.69) is 35.3 Å². The maximum atomic E-state index is 12.4. The zero-order valence-corrected chi connectivity index (χ0v) is 17.2. The summed E-state index contributed by atoms with van der Waals surface area (Å²) in [7, 11) is 0. The molecule has 1 unspecified atom stereocenters. The van der Waals surface area contributed by atoms with Gasteiger partial charge in [0.2, 0.25) is 0 Å². The molecule has 2 heterocycles. The lowest BCUT2D eigenvalue weighted by Crippen LogP contribution is -2.35. The number of aldehydes is 1. The minimum absolute atomic E-state index is 0.534. The number of rotatable bonds is 4. The summed E-state index contributed by atoms with van der Waals surface area (Å²) in [6.45, 7) is 0. The highest BCUT2D eigenvalue weighted by molar-refractivity contribution is 6.00. The summed E-state index contributed by atoms with van der Waals surface area (Å²) in [4.78, 5) is 18.9. The summed E-state index contributed by atoms with van der Waals surface area (Å²) in [5, 5.41) is 11.9. The van der Waals surface area contributed by atoms with Crippen molar-refractivity contribution < 1.29 is 4.79 Å². The molecule has 0 spiro atoms. The Kier molecular flexibility index (Phi) is 5.07. The third-order valence-corrected chi connectivity index (χ3v) is 5.69. The molecule has 1 aromatic heterocycles. The van der Waals surface area contributed by atoms with Crippen LogP contribution in [0.25, 0.3) is 21.9 Å².